The molecule has 17 heavy (non-hydrogen) atoms. The van der Waals surface area contributed by atoms with Crippen LogP contribution in [0.4, 0.5) is 0 Å². The summed E-state index contributed by atoms with van der Waals surface area (Å²) in [5.41, 5.74) is 1.31. The molecule has 4 heteroatoms. The van der Waals surface area contributed by atoms with Crippen molar-refractivity contribution in [1.29, 1.82) is 0 Å². The van der Waals surface area contributed by atoms with Crippen molar-refractivity contribution in [2.75, 3.05) is 13.1 Å². The lowest BCUT2D eigenvalue weighted by molar-refractivity contribution is 0.322. The highest BCUT2D eigenvalue weighted by atomic mass is 32.2. The molecule has 0 bridgehead atoms. The van der Waals surface area contributed by atoms with Crippen molar-refractivity contribution in [1.82, 2.24) is 4.31 Å². The molecule has 0 spiro atoms. The molecule has 0 atom stereocenters. The Kier molecular flexibility index (Phi) is 3.64. The lowest BCUT2D eigenvalue weighted by Crippen LogP contribution is -2.36. The standard InChI is InChI=1S/C13H17NO2S/c1-2-17(15,16)14-10-8-13(9-11-14)12-6-4-3-5-7-12/h2-7,13H,1,8-11H2. The summed E-state index contributed by atoms with van der Waals surface area (Å²) in [6, 6.07) is 10.3. The number of rotatable bonds is 3. The number of piperidine rings is 1. The van der Waals surface area contributed by atoms with Crippen LogP contribution in [0.25, 0.3) is 0 Å². The molecule has 0 aliphatic carbocycles. The molecule has 1 aromatic carbocycles. The van der Waals surface area contributed by atoms with E-state index in [0.717, 1.165) is 18.2 Å². The molecule has 3 nitrogen and oxygen atoms in total. The highest BCUT2D eigenvalue weighted by Crippen LogP contribution is 2.28. The minimum atomic E-state index is -3.23. The van der Waals surface area contributed by atoms with Crippen LogP contribution in [0.5, 0.6) is 0 Å². The molecule has 1 aromatic rings. The van der Waals surface area contributed by atoms with Gasteiger partial charge in [0.25, 0.3) is 0 Å². The van der Waals surface area contributed by atoms with Gasteiger partial charge in [-0.3, -0.25) is 0 Å². The summed E-state index contributed by atoms with van der Waals surface area (Å²) >= 11 is 0. The quantitative estimate of drug-likeness (QED) is 0.827. The lowest BCUT2D eigenvalue weighted by atomic mass is 9.90. The molecule has 2 rings (SSSR count). The Morgan fingerprint density at radius 2 is 1.76 bits per heavy atom. The van der Waals surface area contributed by atoms with Gasteiger partial charge in [0.2, 0.25) is 10.0 Å². The van der Waals surface area contributed by atoms with Crippen molar-refractivity contribution >= 4 is 10.0 Å². The largest absolute Gasteiger partial charge is 0.235 e. The molecule has 1 heterocycles. The third kappa shape index (κ3) is 2.76. The van der Waals surface area contributed by atoms with E-state index in [2.05, 4.69) is 18.7 Å². The van der Waals surface area contributed by atoms with Crippen LogP contribution in [0.15, 0.2) is 42.3 Å². The van der Waals surface area contributed by atoms with Gasteiger partial charge in [-0.2, -0.15) is 4.31 Å². The van der Waals surface area contributed by atoms with Crippen LogP contribution in [0.2, 0.25) is 0 Å². The summed E-state index contributed by atoms with van der Waals surface area (Å²) < 4.78 is 24.7. The van der Waals surface area contributed by atoms with Crippen LogP contribution >= 0.6 is 0 Å². The Balaban J connectivity index is 2.02. The van der Waals surface area contributed by atoms with Gasteiger partial charge in [0.15, 0.2) is 0 Å². The summed E-state index contributed by atoms with van der Waals surface area (Å²) in [5.74, 6) is 0.479. The van der Waals surface area contributed by atoms with Crippen molar-refractivity contribution in [3.05, 3.63) is 47.9 Å². The Morgan fingerprint density at radius 3 is 2.29 bits per heavy atom. The fourth-order valence-electron chi connectivity index (χ4n) is 2.27. The monoisotopic (exact) mass is 251 g/mol. The van der Waals surface area contributed by atoms with Gasteiger partial charge in [-0.1, -0.05) is 36.9 Å². The topological polar surface area (TPSA) is 37.4 Å². The van der Waals surface area contributed by atoms with Gasteiger partial charge >= 0.3 is 0 Å². The molecule has 0 amide bonds. The van der Waals surface area contributed by atoms with E-state index in [9.17, 15) is 8.42 Å². The minimum absolute atomic E-state index is 0.479. The van der Waals surface area contributed by atoms with Crippen LogP contribution in [0, 0.1) is 0 Å². The molecule has 92 valence electrons. The first-order valence-electron chi connectivity index (χ1n) is 5.81. The fraction of sp³-hybridized carbons (Fsp3) is 0.385. The smallest absolute Gasteiger partial charge is 0.208 e. The van der Waals surface area contributed by atoms with Gasteiger partial charge in [0, 0.05) is 18.5 Å². The van der Waals surface area contributed by atoms with Gasteiger partial charge in [-0.15, -0.1) is 0 Å². The van der Waals surface area contributed by atoms with Crippen LogP contribution in [0.3, 0.4) is 0 Å². The molecule has 1 aliphatic heterocycles. The summed E-state index contributed by atoms with van der Waals surface area (Å²) in [4.78, 5) is 0. The first-order chi connectivity index (χ1) is 8.13. The van der Waals surface area contributed by atoms with E-state index in [1.165, 1.54) is 9.87 Å². The van der Waals surface area contributed by atoms with Crippen LogP contribution in [-0.2, 0) is 10.0 Å². The van der Waals surface area contributed by atoms with E-state index >= 15 is 0 Å². The van der Waals surface area contributed by atoms with Gasteiger partial charge in [0.05, 0.1) is 0 Å². The number of hydrogen-bond donors (Lipinski definition) is 0. The van der Waals surface area contributed by atoms with E-state index in [-0.39, 0.29) is 0 Å². The third-order valence-electron chi connectivity index (χ3n) is 3.30. The second-order valence-corrected chi connectivity index (χ2v) is 6.18. The Morgan fingerprint density at radius 1 is 1.18 bits per heavy atom. The van der Waals surface area contributed by atoms with Crippen molar-refractivity contribution in [3.8, 4) is 0 Å². The molecule has 0 aromatic heterocycles. The first kappa shape index (κ1) is 12.3. The Labute approximate surface area is 103 Å². The SMILES string of the molecule is C=CS(=O)(=O)N1CCC(c2ccccc2)CC1. The number of nitrogens with zero attached hydrogens (tertiary/aromatic N) is 1. The molecule has 0 unspecified atom stereocenters. The molecule has 0 N–H and O–H groups in total. The number of benzene rings is 1. The maximum absolute atomic E-state index is 11.6. The second-order valence-electron chi connectivity index (χ2n) is 4.30. The first-order valence-corrected chi connectivity index (χ1v) is 7.31. The Hall–Kier alpha value is -1.13. The zero-order valence-electron chi connectivity index (χ0n) is 9.75. The average molecular weight is 251 g/mol. The van der Waals surface area contributed by atoms with E-state index < -0.39 is 10.0 Å². The van der Waals surface area contributed by atoms with Crippen molar-refractivity contribution in [3.63, 3.8) is 0 Å². The molecular formula is C13H17NO2S. The zero-order valence-corrected chi connectivity index (χ0v) is 10.6. The van der Waals surface area contributed by atoms with Gasteiger partial charge in [-0.05, 0) is 24.3 Å². The molecule has 0 radical (unpaired) electrons. The minimum Gasteiger partial charge on any atom is -0.208 e. The van der Waals surface area contributed by atoms with Crippen LogP contribution in [-0.4, -0.2) is 25.8 Å². The predicted molar refractivity (Wildman–Crippen MR) is 69.1 cm³/mol. The average Bonchev–Trinajstić information content (AvgIpc) is 2.40. The molecule has 1 saturated heterocycles. The summed E-state index contributed by atoms with van der Waals surface area (Å²) in [5, 5.41) is 1.04. The second kappa shape index (κ2) is 5.02. The van der Waals surface area contributed by atoms with E-state index in [1.54, 1.807) is 0 Å². The van der Waals surface area contributed by atoms with Crippen molar-refractivity contribution in [2.45, 2.75) is 18.8 Å². The molecule has 1 aliphatic rings. The number of sulfonamides is 1. The highest BCUT2D eigenvalue weighted by Gasteiger charge is 2.26. The maximum atomic E-state index is 11.6. The lowest BCUT2D eigenvalue weighted by Gasteiger charge is -2.30. The van der Waals surface area contributed by atoms with E-state index in [4.69, 9.17) is 0 Å². The zero-order chi connectivity index (χ0) is 12.3. The van der Waals surface area contributed by atoms with Crippen molar-refractivity contribution < 1.29 is 8.42 Å². The molecule has 1 fully saturated rings. The Bertz CT molecular complexity index is 473. The highest BCUT2D eigenvalue weighted by molar-refractivity contribution is 7.92. The van der Waals surface area contributed by atoms with Gasteiger partial charge < -0.3 is 0 Å². The van der Waals surface area contributed by atoms with E-state index in [1.807, 2.05) is 18.2 Å². The van der Waals surface area contributed by atoms with Crippen LogP contribution < -0.4 is 0 Å². The predicted octanol–water partition coefficient (Wildman–Crippen LogP) is 2.34. The fourth-order valence-corrected chi connectivity index (χ4v) is 3.20. The van der Waals surface area contributed by atoms with Gasteiger partial charge in [-0.25, -0.2) is 8.42 Å². The molecular weight excluding hydrogens is 234 g/mol. The van der Waals surface area contributed by atoms with E-state index in [0.29, 0.717) is 19.0 Å². The normalized spacial score (nSPS) is 19.1. The summed E-state index contributed by atoms with van der Waals surface area (Å²) in [7, 11) is -3.23. The summed E-state index contributed by atoms with van der Waals surface area (Å²) in [6.07, 6.45) is 1.77. The maximum Gasteiger partial charge on any atom is 0.235 e. The van der Waals surface area contributed by atoms with Crippen LogP contribution in [0.1, 0.15) is 24.3 Å². The summed E-state index contributed by atoms with van der Waals surface area (Å²) in [6.45, 7) is 4.54. The molecule has 0 saturated carbocycles. The van der Waals surface area contributed by atoms with Crippen molar-refractivity contribution in [2.24, 2.45) is 0 Å². The third-order valence-corrected chi connectivity index (χ3v) is 4.80. The van der Waals surface area contributed by atoms with Gasteiger partial charge in [0.1, 0.15) is 0 Å². The number of hydrogen-bond acceptors (Lipinski definition) is 2.